The number of likely N-dealkylation sites (tertiary alicyclic amines) is 1. The summed E-state index contributed by atoms with van der Waals surface area (Å²) >= 11 is 3.02. The van der Waals surface area contributed by atoms with Crippen LogP contribution in [-0.2, 0) is 16.1 Å². The number of aliphatic hydroxyl groups excluding tert-OH is 1. The molecule has 158 valence electrons. The van der Waals surface area contributed by atoms with Crippen molar-refractivity contribution in [3.63, 3.8) is 0 Å². The van der Waals surface area contributed by atoms with Gasteiger partial charge in [0.15, 0.2) is 6.04 Å². The number of aliphatic carboxylic acids is 1. The van der Waals surface area contributed by atoms with E-state index in [0.29, 0.717) is 0 Å². The molecule has 4 rings (SSSR count). The number of amides is 1. The average Bonchev–Trinajstić information content (AvgIpc) is 2.96. The Balaban J connectivity index is 1.48. The molecule has 3 aliphatic rings. The second-order valence-corrected chi connectivity index (χ2v) is 11.5. The molecule has 3 aliphatic heterocycles. The average molecular weight is 438 g/mol. The van der Waals surface area contributed by atoms with Gasteiger partial charge in [-0.15, -0.1) is 23.5 Å². The molecule has 3 fully saturated rings. The first kappa shape index (κ1) is 21.0. The predicted molar refractivity (Wildman–Crippen MR) is 114 cm³/mol. The van der Waals surface area contributed by atoms with E-state index in [4.69, 9.17) is 0 Å². The van der Waals surface area contributed by atoms with Crippen LogP contribution in [0.3, 0.4) is 0 Å². The van der Waals surface area contributed by atoms with Crippen molar-refractivity contribution >= 4 is 35.4 Å². The van der Waals surface area contributed by atoms with Crippen molar-refractivity contribution in [3.05, 3.63) is 29.8 Å². The van der Waals surface area contributed by atoms with Crippen LogP contribution in [0.4, 0.5) is 0 Å². The number of carbonyl (C=O) groups excluding carboxylic acids is 1. The zero-order chi connectivity index (χ0) is 20.8. The first-order valence-electron chi connectivity index (χ1n) is 10.3. The summed E-state index contributed by atoms with van der Waals surface area (Å²) in [4.78, 5) is 26.8. The van der Waals surface area contributed by atoms with Crippen LogP contribution in [0.15, 0.2) is 29.2 Å². The molecule has 8 heteroatoms. The molecule has 0 spiro atoms. The third-order valence-electron chi connectivity index (χ3n) is 6.34. The van der Waals surface area contributed by atoms with Gasteiger partial charge in [0.2, 0.25) is 5.91 Å². The highest BCUT2D eigenvalue weighted by Crippen LogP contribution is 2.53. The Bertz CT molecular complexity index is 797. The molecule has 0 bridgehead atoms. The number of thioether (sulfide) groups is 2. The van der Waals surface area contributed by atoms with Gasteiger partial charge in [-0.05, 0) is 38.3 Å². The molecule has 0 radical (unpaired) electrons. The van der Waals surface area contributed by atoms with Gasteiger partial charge in [-0.3, -0.25) is 4.79 Å². The van der Waals surface area contributed by atoms with Gasteiger partial charge in [-0.25, -0.2) is 4.79 Å². The number of hydrogen-bond donors (Lipinski definition) is 2. The molecule has 29 heavy (non-hydrogen) atoms. The summed E-state index contributed by atoms with van der Waals surface area (Å²) in [5.41, 5.74) is 1.27. The van der Waals surface area contributed by atoms with Gasteiger partial charge in [0, 0.05) is 10.5 Å². The Kier molecular flexibility index (Phi) is 5.90. The van der Waals surface area contributed by atoms with Crippen LogP contribution in [-0.4, -0.2) is 73.7 Å². The Morgan fingerprint density at radius 1 is 1.34 bits per heavy atom. The van der Waals surface area contributed by atoms with Gasteiger partial charge in [0.1, 0.15) is 6.54 Å². The molecule has 2 N–H and O–H groups in total. The van der Waals surface area contributed by atoms with Crippen LogP contribution in [0.2, 0.25) is 0 Å². The van der Waals surface area contributed by atoms with Crippen LogP contribution in [0.5, 0.6) is 0 Å². The van der Waals surface area contributed by atoms with E-state index in [-0.39, 0.29) is 15.9 Å². The Hall–Kier alpha value is -1.22. The zero-order valence-electron chi connectivity index (χ0n) is 16.9. The van der Waals surface area contributed by atoms with Gasteiger partial charge < -0.3 is 19.6 Å². The van der Waals surface area contributed by atoms with Crippen molar-refractivity contribution < 1.29 is 24.3 Å². The molecule has 1 aromatic carbocycles. The van der Waals surface area contributed by atoms with Crippen molar-refractivity contribution in [1.82, 2.24) is 4.90 Å². The lowest BCUT2D eigenvalue weighted by Crippen LogP contribution is -2.64. The Labute approximate surface area is 180 Å². The van der Waals surface area contributed by atoms with Crippen molar-refractivity contribution in [2.45, 2.75) is 59.7 Å². The number of nitrogens with zero attached hydrogens (tertiary/aromatic N) is 2. The number of hydrogen-bond acceptors (Lipinski definition) is 5. The number of rotatable bonds is 6. The molecule has 1 amide bonds. The second-order valence-electron chi connectivity index (χ2n) is 8.74. The predicted octanol–water partition coefficient (Wildman–Crippen LogP) is 2.60. The Morgan fingerprint density at radius 3 is 2.72 bits per heavy atom. The van der Waals surface area contributed by atoms with E-state index in [0.717, 1.165) is 15.9 Å². The van der Waals surface area contributed by atoms with Crippen LogP contribution < -0.4 is 0 Å². The largest absolute Gasteiger partial charge is 0.480 e. The molecule has 0 saturated carbocycles. The summed E-state index contributed by atoms with van der Waals surface area (Å²) < 4.78 is 0.782. The molecule has 3 saturated heterocycles. The van der Waals surface area contributed by atoms with Crippen molar-refractivity contribution in [2.24, 2.45) is 5.92 Å². The fraction of sp³-hybridized carbons (Fsp3) is 0.619. The number of piperidine rings is 1. The van der Waals surface area contributed by atoms with Crippen molar-refractivity contribution in [1.29, 1.82) is 0 Å². The molecule has 0 aliphatic carbocycles. The van der Waals surface area contributed by atoms with Gasteiger partial charge in [-0.1, -0.05) is 12.1 Å². The summed E-state index contributed by atoms with van der Waals surface area (Å²) in [5, 5.41) is 19.4. The number of fused-ring (bicyclic) bond motifs is 1. The first-order valence-corrected chi connectivity index (χ1v) is 12.1. The lowest BCUT2D eigenvalue weighted by Gasteiger charge is -2.44. The number of carbonyl (C=O) groups is 2. The molecule has 5 atom stereocenters. The molecule has 0 aromatic heterocycles. The van der Waals surface area contributed by atoms with Crippen LogP contribution >= 0.6 is 23.5 Å². The minimum atomic E-state index is -0.975. The minimum Gasteiger partial charge on any atom is -0.480 e. The lowest BCUT2D eigenvalue weighted by atomic mass is 9.91. The van der Waals surface area contributed by atoms with E-state index < -0.39 is 24.0 Å². The van der Waals surface area contributed by atoms with E-state index in [1.165, 1.54) is 66.3 Å². The maximum Gasteiger partial charge on any atom is 0.328 e. The smallest absolute Gasteiger partial charge is 0.328 e. The monoisotopic (exact) mass is 437 g/mol. The molecule has 1 aromatic rings. The number of benzene rings is 1. The zero-order valence-corrected chi connectivity index (χ0v) is 18.5. The van der Waals surface area contributed by atoms with Gasteiger partial charge in [0.05, 0.1) is 42.1 Å². The first-order chi connectivity index (χ1) is 13.8. The van der Waals surface area contributed by atoms with Crippen molar-refractivity contribution in [2.75, 3.05) is 20.1 Å². The summed E-state index contributed by atoms with van der Waals surface area (Å²) in [6.07, 6.45) is 3.12. The van der Waals surface area contributed by atoms with E-state index in [2.05, 4.69) is 19.2 Å². The number of quaternary nitrogens is 1. The normalized spacial score (nSPS) is 31.8. The van der Waals surface area contributed by atoms with Gasteiger partial charge >= 0.3 is 5.97 Å². The summed E-state index contributed by atoms with van der Waals surface area (Å²) in [5.74, 6) is -1.72. The quantitative estimate of drug-likeness (QED) is 0.526. The molecular weight excluding hydrogens is 408 g/mol. The summed E-state index contributed by atoms with van der Waals surface area (Å²) in [6, 6.07) is 7.53. The fourth-order valence-electron chi connectivity index (χ4n) is 4.80. The van der Waals surface area contributed by atoms with Crippen LogP contribution in [0.25, 0.3) is 0 Å². The number of β-lactam (4-membered cyclic amide) rings is 1. The molecule has 2 unspecified atom stereocenters. The maximum absolute atomic E-state index is 12.4. The fourth-order valence-corrected chi connectivity index (χ4v) is 8.27. The number of aliphatic hydroxyl groups is 1. The van der Waals surface area contributed by atoms with E-state index >= 15 is 0 Å². The Morgan fingerprint density at radius 2 is 2.07 bits per heavy atom. The molecule has 3 heterocycles. The SMILES string of the molecule is C[C@@H](O)[C@H]1C(=O)N2C(C(=O)O)C(Sc3cccc(C[N+]4(C)CCCCC4)c3)S[C@H]12. The summed E-state index contributed by atoms with van der Waals surface area (Å²) in [6.45, 7) is 5.00. The van der Waals surface area contributed by atoms with Crippen LogP contribution in [0, 0.1) is 5.92 Å². The van der Waals surface area contributed by atoms with E-state index in [1.54, 1.807) is 6.92 Å². The third kappa shape index (κ3) is 4.04. The minimum absolute atomic E-state index is 0.246. The number of carboxylic acids is 1. The molecular formula is C21H29N2O4S2+. The number of carboxylic acid groups (broad SMARTS) is 1. The topological polar surface area (TPSA) is 77.8 Å². The standard InChI is InChI=1S/C21H28N2O4S2/c1-13(24)16-18(25)22-17(20(26)27)21(29-19(16)22)28-15-8-6-7-14(11-15)12-23(2)9-4-3-5-10-23/h6-8,11,13,16-17,19,21,24H,3-5,9-10,12H2,1-2H3/p+1/t13-,16+,17?,19-,21?/m1/s1. The highest BCUT2D eigenvalue weighted by atomic mass is 32.2. The molecule has 6 nitrogen and oxygen atoms in total. The summed E-state index contributed by atoms with van der Waals surface area (Å²) in [7, 11) is 2.32. The third-order valence-corrected chi connectivity index (χ3v) is 9.30. The van der Waals surface area contributed by atoms with Crippen molar-refractivity contribution in [3.8, 4) is 0 Å². The highest BCUT2D eigenvalue weighted by molar-refractivity contribution is 8.17. The van der Waals surface area contributed by atoms with Crippen LogP contribution in [0.1, 0.15) is 31.7 Å². The van der Waals surface area contributed by atoms with Gasteiger partial charge in [-0.2, -0.15) is 0 Å². The lowest BCUT2D eigenvalue weighted by molar-refractivity contribution is -0.926. The van der Waals surface area contributed by atoms with E-state index in [9.17, 15) is 19.8 Å². The second kappa shape index (κ2) is 8.13. The maximum atomic E-state index is 12.4. The van der Waals surface area contributed by atoms with Gasteiger partial charge in [0.25, 0.3) is 0 Å². The van der Waals surface area contributed by atoms with E-state index in [1.807, 2.05) is 12.1 Å². The highest BCUT2D eigenvalue weighted by Gasteiger charge is 2.62.